The van der Waals surface area contributed by atoms with E-state index in [9.17, 15) is 0 Å². The first-order chi connectivity index (χ1) is 17.6. The number of hydrogen-bond acceptors (Lipinski definition) is 4. The molecule has 0 spiro atoms. The summed E-state index contributed by atoms with van der Waals surface area (Å²) < 4.78 is 2.34. The second kappa shape index (κ2) is 9.45. The summed E-state index contributed by atoms with van der Waals surface area (Å²) in [4.78, 5) is 2.39. The molecule has 184 valence electrons. The van der Waals surface area contributed by atoms with Gasteiger partial charge in [-0.25, -0.2) is 0 Å². The summed E-state index contributed by atoms with van der Waals surface area (Å²) in [6.07, 6.45) is 9.56. The number of allylic oxidation sites excluding steroid dienone is 1. The minimum absolute atomic E-state index is 0.535. The Morgan fingerprint density at radius 3 is 2.61 bits per heavy atom. The smallest absolute Gasteiger partial charge is 0.109 e. The maximum Gasteiger partial charge on any atom is 0.109 e. The quantitative estimate of drug-likeness (QED) is 0.374. The number of likely N-dealkylation sites (tertiary alicyclic amines) is 1. The first-order valence-electron chi connectivity index (χ1n) is 12.9. The summed E-state index contributed by atoms with van der Waals surface area (Å²) in [5.74, 6) is 0. The van der Waals surface area contributed by atoms with E-state index in [2.05, 4.69) is 112 Å². The molecule has 0 radical (unpaired) electrons. The van der Waals surface area contributed by atoms with Gasteiger partial charge in [0.15, 0.2) is 0 Å². The number of nitrogens with zero attached hydrogens (tertiary/aromatic N) is 3. The molecule has 36 heavy (non-hydrogen) atoms. The van der Waals surface area contributed by atoms with E-state index in [0.717, 1.165) is 43.1 Å². The average molecular weight is 479 g/mol. The summed E-state index contributed by atoms with van der Waals surface area (Å²) in [5.41, 5.74) is 12.8. The van der Waals surface area contributed by atoms with E-state index in [-0.39, 0.29) is 0 Å². The number of H-pyrrole nitrogens is 1. The Labute approximate surface area is 212 Å². The van der Waals surface area contributed by atoms with Gasteiger partial charge in [-0.2, -0.15) is 5.10 Å². The highest BCUT2D eigenvalue weighted by Crippen LogP contribution is 2.33. The van der Waals surface area contributed by atoms with Crippen LogP contribution in [0.1, 0.15) is 30.5 Å². The van der Waals surface area contributed by atoms with Crippen LogP contribution >= 0.6 is 0 Å². The topological polar surface area (TPSA) is 74.9 Å². The highest BCUT2D eigenvalue weighted by Gasteiger charge is 2.29. The Balaban J connectivity index is 1.24. The maximum absolute atomic E-state index is 6.88. The van der Waals surface area contributed by atoms with E-state index in [1.54, 1.807) is 0 Å². The number of rotatable bonds is 6. The molecule has 0 amide bonds. The van der Waals surface area contributed by atoms with Crippen LogP contribution in [0.5, 0.6) is 0 Å². The van der Waals surface area contributed by atoms with Gasteiger partial charge in [-0.05, 0) is 69.2 Å². The summed E-state index contributed by atoms with van der Waals surface area (Å²) >= 11 is 0. The van der Waals surface area contributed by atoms with Gasteiger partial charge in [0, 0.05) is 29.2 Å². The van der Waals surface area contributed by atoms with Gasteiger partial charge in [0.05, 0.1) is 16.9 Å². The molecule has 6 heteroatoms. The molecule has 0 bridgehead atoms. The minimum Gasteiger partial charge on any atom is -0.382 e. The number of aromatic amines is 1. The van der Waals surface area contributed by atoms with Crippen molar-refractivity contribution in [2.45, 2.75) is 37.4 Å². The molecule has 2 aromatic heterocycles. The van der Waals surface area contributed by atoms with E-state index < -0.39 is 5.54 Å². The molecule has 1 aliphatic heterocycles. The number of piperidine rings is 1. The normalized spacial score (nSPS) is 21.1. The molecule has 2 aliphatic rings. The van der Waals surface area contributed by atoms with E-state index in [1.165, 1.54) is 35.0 Å². The van der Waals surface area contributed by atoms with Crippen LogP contribution in [0, 0.1) is 0 Å². The number of nitrogens with one attached hydrogen (secondary N) is 2. The number of para-hydroxylation sites is 1. The zero-order valence-electron chi connectivity index (χ0n) is 20.8. The molecule has 1 fully saturated rings. The monoisotopic (exact) mass is 478 g/mol. The summed E-state index contributed by atoms with van der Waals surface area (Å²) in [6.45, 7) is 3.08. The SMILES string of the molecule is CN1CCC(NC2=CCC(N)(c3cc(-c4cc5ccccc5n4Cc4ccccc4)n[nH]3)C=C2)CC1. The minimum atomic E-state index is -0.598. The maximum atomic E-state index is 6.88. The van der Waals surface area contributed by atoms with Gasteiger partial charge >= 0.3 is 0 Å². The van der Waals surface area contributed by atoms with Gasteiger partial charge in [0.25, 0.3) is 0 Å². The fraction of sp³-hybridized carbons (Fsp3) is 0.300. The fourth-order valence-electron chi connectivity index (χ4n) is 5.40. The average Bonchev–Trinajstić information content (AvgIpc) is 3.54. The van der Waals surface area contributed by atoms with Crippen molar-refractivity contribution >= 4 is 10.9 Å². The van der Waals surface area contributed by atoms with Gasteiger partial charge in [-0.3, -0.25) is 5.10 Å². The highest BCUT2D eigenvalue weighted by atomic mass is 15.2. The van der Waals surface area contributed by atoms with Crippen LogP contribution in [0.4, 0.5) is 0 Å². The third-order valence-electron chi connectivity index (χ3n) is 7.65. The summed E-state index contributed by atoms with van der Waals surface area (Å²) in [7, 11) is 2.19. The third kappa shape index (κ3) is 4.50. The zero-order valence-corrected chi connectivity index (χ0v) is 20.8. The van der Waals surface area contributed by atoms with Crippen molar-refractivity contribution in [2.24, 2.45) is 5.73 Å². The number of fused-ring (bicyclic) bond motifs is 1. The van der Waals surface area contributed by atoms with Crippen molar-refractivity contribution in [1.29, 1.82) is 0 Å². The van der Waals surface area contributed by atoms with Crippen LogP contribution in [-0.4, -0.2) is 45.8 Å². The molecule has 4 aromatic rings. The van der Waals surface area contributed by atoms with Gasteiger partial charge in [-0.15, -0.1) is 0 Å². The molecule has 1 unspecified atom stereocenters. The van der Waals surface area contributed by atoms with Gasteiger partial charge < -0.3 is 20.5 Å². The molecule has 4 N–H and O–H groups in total. The van der Waals surface area contributed by atoms with Crippen LogP contribution in [-0.2, 0) is 12.1 Å². The predicted octanol–water partition coefficient (Wildman–Crippen LogP) is 4.76. The molecular formula is C30H34N6. The molecule has 2 aromatic carbocycles. The highest BCUT2D eigenvalue weighted by molar-refractivity contribution is 5.86. The van der Waals surface area contributed by atoms with E-state index in [0.29, 0.717) is 6.04 Å². The van der Waals surface area contributed by atoms with Crippen LogP contribution in [0.2, 0.25) is 0 Å². The fourth-order valence-corrected chi connectivity index (χ4v) is 5.40. The van der Waals surface area contributed by atoms with Crippen LogP contribution in [0.25, 0.3) is 22.3 Å². The molecule has 1 saturated heterocycles. The second-order valence-electron chi connectivity index (χ2n) is 10.3. The number of hydrogen-bond donors (Lipinski definition) is 3. The third-order valence-corrected chi connectivity index (χ3v) is 7.65. The lowest BCUT2D eigenvalue weighted by molar-refractivity contribution is 0.242. The van der Waals surface area contributed by atoms with Crippen molar-refractivity contribution in [3.63, 3.8) is 0 Å². The van der Waals surface area contributed by atoms with Gasteiger partial charge in [-0.1, -0.05) is 60.7 Å². The molecule has 0 saturated carbocycles. The number of nitrogens with two attached hydrogens (primary N) is 1. The summed E-state index contributed by atoms with van der Waals surface area (Å²) in [6, 6.07) is 23.9. The predicted molar refractivity (Wildman–Crippen MR) is 146 cm³/mol. The van der Waals surface area contributed by atoms with E-state index in [4.69, 9.17) is 10.8 Å². The van der Waals surface area contributed by atoms with Crippen LogP contribution in [0.15, 0.2) is 90.7 Å². The second-order valence-corrected chi connectivity index (χ2v) is 10.3. The van der Waals surface area contributed by atoms with Crippen molar-refractivity contribution in [1.82, 2.24) is 25.0 Å². The van der Waals surface area contributed by atoms with Gasteiger partial charge in [0.1, 0.15) is 5.69 Å². The molecular weight excluding hydrogens is 444 g/mol. The lowest BCUT2D eigenvalue weighted by atomic mass is 9.87. The molecule has 1 atom stereocenters. The van der Waals surface area contributed by atoms with Crippen LogP contribution < -0.4 is 11.1 Å². The Hall–Kier alpha value is -3.61. The molecule has 3 heterocycles. The standard InChI is InChI=1S/C30H34N6/c1-35-17-13-25(14-18-35)32-24-11-15-30(31,16-12-24)29-20-26(33-34-29)28-19-23-9-5-6-10-27(23)36(28)21-22-7-3-2-4-8-22/h2-12,15,19-20,25,32H,13-14,16-18,21,31H2,1H3,(H,33,34). The van der Waals surface area contributed by atoms with E-state index >= 15 is 0 Å². The molecule has 6 nitrogen and oxygen atoms in total. The van der Waals surface area contributed by atoms with E-state index in [1.807, 2.05) is 0 Å². The Kier molecular flexibility index (Phi) is 5.99. The largest absolute Gasteiger partial charge is 0.382 e. The van der Waals surface area contributed by atoms with Crippen LogP contribution in [0.3, 0.4) is 0 Å². The van der Waals surface area contributed by atoms with Crippen molar-refractivity contribution in [3.05, 3.63) is 102 Å². The Morgan fingerprint density at radius 1 is 1.06 bits per heavy atom. The molecule has 1 aliphatic carbocycles. The Bertz CT molecular complexity index is 1400. The number of aromatic nitrogens is 3. The number of benzene rings is 2. The first kappa shape index (κ1) is 22.8. The molecule has 6 rings (SSSR count). The first-order valence-corrected chi connectivity index (χ1v) is 12.9. The van der Waals surface area contributed by atoms with Gasteiger partial charge in [0.2, 0.25) is 0 Å². The summed E-state index contributed by atoms with van der Waals surface area (Å²) in [5, 5.41) is 12.9. The van der Waals surface area contributed by atoms with Crippen molar-refractivity contribution in [2.75, 3.05) is 20.1 Å². The zero-order chi connectivity index (χ0) is 24.5. The van der Waals surface area contributed by atoms with Crippen molar-refractivity contribution in [3.8, 4) is 11.4 Å². The lowest BCUT2D eigenvalue weighted by Crippen LogP contribution is -2.41. The lowest BCUT2D eigenvalue weighted by Gasteiger charge is -2.32. The van der Waals surface area contributed by atoms with Crippen molar-refractivity contribution < 1.29 is 0 Å². The Morgan fingerprint density at radius 2 is 1.83 bits per heavy atom.